The molecular weight excluding hydrogens is 292 g/mol. The molecule has 2 aromatic rings. The van der Waals surface area contributed by atoms with E-state index in [0.717, 1.165) is 5.56 Å². The summed E-state index contributed by atoms with van der Waals surface area (Å²) in [6, 6.07) is 11.2. The number of nitrogens with two attached hydrogens (primary N) is 1. The van der Waals surface area contributed by atoms with Gasteiger partial charge in [0.1, 0.15) is 0 Å². The molecule has 0 aliphatic rings. The molecule has 4 nitrogen and oxygen atoms in total. The highest BCUT2D eigenvalue weighted by molar-refractivity contribution is 7.89. The van der Waals surface area contributed by atoms with Gasteiger partial charge in [-0.05, 0) is 43.0 Å². The van der Waals surface area contributed by atoms with Crippen molar-refractivity contribution in [3.05, 3.63) is 52.2 Å². The Bertz CT molecular complexity index is 649. The first-order valence-corrected chi connectivity index (χ1v) is 8.73. The van der Waals surface area contributed by atoms with Crippen molar-refractivity contribution in [3.8, 4) is 0 Å². The number of sulfonamides is 1. The first kappa shape index (κ1) is 15.2. The van der Waals surface area contributed by atoms with Crippen molar-refractivity contribution in [2.45, 2.75) is 30.8 Å². The summed E-state index contributed by atoms with van der Waals surface area (Å²) in [4.78, 5) is 1.41. The van der Waals surface area contributed by atoms with Crippen LogP contribution in [0, 0.1) is 0 Å². The third kappa shape index (κ3) is 3.67. The van der Waals surface area contributed by atoms with Crippen LogP contribution < -0.4 is 10.5 Å². The van der Waals surface area contributed by atoms with E-state index in [1.54, 1.807) is 35.6 Å². The Kier molecular flexibility index (Phi) is 4.59. The molecule has 0 amide bonds. The lowest BCUT2D eigenvalue weighted by Crippen LogP contribution is -2.22. The molecule has 0 aliphatic carbocycles. The van der Waals surface area contributed by atoms with E-state index in [2.05, 4.69) is 30.6 Å². The molecule has 0 bridgehead atoms. The Hall–Kier alpha value is -1.21. The van der Waals surface area contributed by atoms with Crippen LogP contribution in [0.25, 0.3) is 0 Å². The van der Waals surface area contributed by atoms with Crippen molar-refractivity contribution < 1.29 is 8.42 Å². The van der Waals surface area contributed by atoms with Gasteiger partial charge in [0.2, 0.25) is 10.0 Å². The minimum Gasteiger partial charge on any atom is -0.303 e. The van der Waals surface area contributed by atoms with Gasteiger partial charge in [0.25, 0.3) is 0 Å². The molecule has 20 heavy (non-hydrogen) atoms. The molecule has 6 heteroatoms. The Labute approximate surface area is 123 Å². The van der Waals surface area contributed by atoms with Crippen LogP contribution in [-0.2, 0) is 10.0 Å². The van der Waals surface area contributed by atoms with E-state index in [-0.39, 0.29) is 17.0 Å². The van der Waals surface area contributed by atoms with Gasteiger partial charge in [-0.3, -0.25) is 0 Å². The third-order valence-electron chi connectivity index (χ3n) is 3.18. The van der Waals surface area contributed by atoms with Crippen molar-refractivity contribution in [1.82, 2.24) is 5.32 Å². The monoisotopic (exact) mass is 310 g/mol. The zero-order valence-electron chi connectivity index (χ0n) is 11.4. The summed E-state index contributed by atoms with van der Waals surface area (Å²) in [7, 11) is -3.62. The molecule has 2 rings (SSSR count). The number of hydrogen-bond donors (Lipinski definition) is 2. The van der Waals surface area contributed by atoms with Gasteiger partial charge in [0, 0.05) is 17.0 Å². The average molecular weight is 310 g/mol. The third-order valence-corrected chi connectivity index (χ3v) is 5.16. The number of hydrogen-bond acceptors (Lipinski definition) is 4. The molecule has 0 saturated carbocycles. The molecule has 1 heterocycles. The highest BCUT2D eigenvalue weighted by Gasteiger charge is 2.13. The van der Waals surface area contributed by atoms with Gasteiger partial charge in [-0.25, -0.2) is 13.6 Å². The topological polar surface area (TPSA) is 72.2 Å². The van der Waals surface area contributed by atoms with Crippen LogP contribution in [-0.4, -0.2) is 8.42 Å². The van der Waals surface area contributed by atoms with Crippen molar-refractivity contribution in [2.75, 3.05) is 0 Å². The first-order chi connectivity index (χ1) is 9.38. The van der Waals surface area contributed by atoms with Gasteiger partial charge in [-0.2, -0.15) is 0 Å². The lowest BCUT2D eigenvalue weighted by molar-refractivity contribution is 0.500. The van der Waals surface area contributed by atoms with E-state index in [1.807, 2.05) is 6.07 Å². The second-order valence-corrected chi connectivity index (χ2v) is 7.28. The van der Waals surface area contributed by atoms with Crippen LogP contribution in [0.1, 0.15) is 36.4 Å². The van der Waals surface area contributed by atoms with E-state index in [1.165, 1.54) is 4.88 Å². The van der Waals surface area contributed by atoms with Gasteiger partial charge in [0.05, 0.1) is 4.90 Å². The molecule has 1 aromatic heterocycles. The predicted octanol–water partition coefficient (Wildman–Crippen LogP) is 2.81. The molecule has 3 N–H and O–H groups in total. The number of nitrogens with one attached hydrogen (secondary N) is 1. The second kappa shape index (κ2) is 6.05. The molecule has 1 unspecified atom stereocenters. The predicted molar refractivity (Wildman–Crippen MR) is 82.1 cm³/mol. The van der Waals surface area contributed by atoms with Crippen molar-refractivity contribution in [2.24, 2.45) is 5.14 Å². The summed E-state index contributed by atoms with van der Waals surface area (Å²) in [5.41, 5.74) is 1.03. The van der Waals surface area contributed by atoms with E-state index in [9.17, 15) is 8.42 Å². The summed E-state index contributed by atoms with van der Waals surface area (Å²) in [5, 5.41) is 10.6. The molecular formula is C14H18N2O2S2. The maximum absolute atomic E-state index is 11.2. The number of thiophene rings is 1. The van der Waals surface area contributed by atoms with Crippen LogP contribution >= 0.6 is 11.3 Å². The Morgan fingerprint density at radius 1 is 1.10 bits per heavy atom. The minimum absolute atomic E-state index is 0.127. The molecule has 1 aromatic carbocycles. The number of benzene rings is 1. The SMILES string of the molecule is CC(N[C@H](C)c1cccs1)c1ccc(S(N)(=O)=O)cc1. The maximum atomic E-state index is 11.2. The zero-order chi connectivity index (χ0) is 14.8. The Balaban J connectivity index is 2.08. The molecule has 0 saturated heterocycles. The van der Waals surface area contributed by atoms with Crippen LogP contribution in [0.3, 0.4) is 0 Å². The molecule has 0 aliphatic heterocycles. The Morgan fingerprint density at radius 3 is 2.25 bits per heavy atom. The number of primary sulfonamides is 1. The summed E-state index contributed by atoms with van der Waals surface area (Å²) in [5.74, 6) is 0. The minimum atomic E-state index is -3.62. The van der Waals surface area contributed by atoms with Gasteiger partial charge in [0.15, 0.2) is 0 Å². The molecule has 108 valence electrons. The normalized spacial score (nSPS) is 14.9. The maximum Gasteiger partial charge on any atom is 0.238 e. The summed E-state index contributed by atoms with van der Waals surface area (Å²) in [6.07, 6.45) is 0. The van der Waals surface area contributed by atoms with Crippen LogP contribution in [0.5, 0.6) is 0 Å². The second-order valence-electron chi connectivity index (χ2n) is 4.74. The standard InChI is InChI=1S/C14H18N2O2S2/c1-10(16-11(2)14-4-3-9-19-14)12-5-7-13(8-6-12)20(15,17)18/h3-11,16H,1-2H3,(H2,15,17,18)/t10?,11-/m1/s1. The molecule has 0 spiro atoms. The molecule has 0 radical (unpaired) electrons. The summed E-state index contributed by atoms with van der Waals surface area (Å²) in [6.45, 7) is 4.16. The van der Waals surface area contributed by atoms with E-state index >= 15 is 0 Å². The van der Waals surface area contributed by atoms with Crippen molar-refractivity contribution in [1.29, 1.82) is 0 Å². The quantitative estimate of drug-likeness (QED) is 0.892. The van der Waals surface area contributed by atoms with E-state index < -0.39 is 10.0 Å². The van der Waals surface area contributed by atoms with Crippen molar-refractivity contribution >= 4 is 21.4 Å². The first-order valence-electron chi connectivity index (χ1n) is 6.30. The van der Waals surface area contributed by atoms with Crippen LogP contribution in [0.4, 0.5) is 0 Å². The van der Waals surface area contributed by atoms with Crippen LogP contribution in [0.2, 0.25) is 0 Å². The van der Waals surface area contributed by atoms with Gasteiger partial charge in [-0.1, -0.05) is 18.2 Å². The van der Waals surface area contributed by atoms with E-state index in [4.69, 9.17) is 5.14 Å². The fourth-order valence-electron chi connectivity index (χ4n) is 2.04. The lowest BCUT2D eigenvalue weighted by Gasteiger charge is -2.19. The smallest absolute Gasteiger partial charge is 0.238 e. The van der Waals surface area contributed by atoms with Gasteiger partial charge >= 0.3 is 0 Å². The number of rotatable bonds is 5. The van der Waals surface area contributed by atoms with Gasteiger partial charge < -0.3 is 5.32 Å². The lowest BCUT2D eigenvalue weighted by atomic mass is 10.1. The average Bonchev–Trinajstić information content (AvgIpc) is 2.91. The van der Waals surface area contributed by atoms with Gasteiger partial charge in [-0.15, -0.1) is 11.3 Å². The molecule has 2 atom stereocenters. The summed E-state index contributed by atoms with van der Waals surface area (Å²) < 4.78 is 22.4. The largest absolute Gasteiger partial charge is 0.303 e. The molecule has 0 fully saturated rings. The summed E-state index contributed by atoms with van der Waals surface area (Å²) >= 11 is 1.72. The highest BCUT2D eigenvalue weighted by Crippen LogP contribution is 2.23. The van der Waals surface area contributed by atoms with Crippen molar-refractivity contribution in [3.63, 3.8) is 0 Å². The van der Waals surface area contributed by atoms with Crippen LogP contribution in [0.15, 0.2) is 46.7 Å². The zero-order valence-corrected chi connectivity index (χ0v) is 13.0. The fourth-order valence-corrected chi connectivity index (χ4v) is 3.30. The highest BCUT2D eigenvalue weighted by atomic mass is 32.2. The van der Waals surface area contributed by atoms with E-state index in [0.29, 0.717) is 0 Å². The fraction of sp³-hybridized carbons (Fsp3) is 0.286. The Morgan fingerprint density at radius 2 is 1.75 bits per heavy atom.